The first-order valence-corrected chi connectivity index (χ1v) is 12.3. The van der Waals surface area contributed by atoms with Crippen LogP contribution in [0.2, 0.25) is 0 Å². The zero-order chi connectivity index (χ0) is 24.0. The summed E-state index contributed by atoms with van der Waals surface area (Å²) >= 11 is 0. The van der Waals surface area contributed by atoms with E-state index in [1.807, 2.05) is 0 Å². The third-order valence-electron chi connectivity index (χ3n) is 7.05. The smallest absolute Gasteiger partial charge is 0.425 e. The van der Waals surface area contributed by atoms with E-state index < -0.39 is 37.3 Å². The Morgan fingerprint density at radius 3 is 2.27 bits per heavy atom. The van der Waals surface area contributed by atoms with Crippen LogP contribution in [0.4, 0.5) is 0 Å². The third kappa shape index (κ3) is 6.24. The van der Waals surface area contributed by atoms with Gasteiger partial charge >= 0.3 is 7.12 Å². The van der Waals surface area contributed by atoms with Crippen LogP contribution in [0.15, 0.2) is 0 Å². The fraction of sp³-hybridized carbons (Fsp3) is 0.857. The first-order chi connectivity index (χ1) is 15.8. The molecule has 3 fully saturated rings. The monoisotopic (exact) mass is 466 g/mol. The van der Waals surface area contributed by atoms with Gasteiger partial charge < -0.3 is 30.9 Å². The summed E-state index contributed by atoms with van der Waals surface area (Å²) < 4.78 is 0. The molecule has 3 aliphatic rings. The van der Waals surface area contributed by atoms with Crippen LogP contribution in [0.3, 0.4) is 0 Å². The molecule has 12 heteroatoms. The molecular formula is C21H39BN6O5. The van der Waals surface area contributed by atoms with E-state index in [9.17, 15) is 24.4 Å². The molecule has 3 amide bonds. The van der Waals surface area contributed by atoms with E-state index in [2.05, 4.69) is 16.0 Å². The molecule has 2 heterocycles. The molecule has 0 aromatic rings. The van der Waals surface area contributed by atoms with Gasteiger partial charge in [0.25, 0.3) is 5.91 Å². The van der Waals surface area contributed by atoms with Crippen molar-refractivity contribution in [1.29, 1.82) is 0 Å². The van der Waals surface area contributed by atoms with Crippen molar-refractivity contribution in [1.82, 2.24) is 25.8 Å². The molecule has 0 radical (unpaired) electrons. The molecule has 0 aromatic heterocycles. The van der Waals surface area contributed by atoms with Gasteiger partial charge in [-0.05, 0) is 51.1 Å². The Hall–Kier alpha value is -1.73. The van der Waals surface area contributed by atoms with Gasteiger partial charge in [-0.15, -0.1) is 0 Å². The summed E-state index contributed by atoms with van der Waals surface area (Å²) in [7, 11) is -1.73. The Labute approximate surface area is 195 Å². The predicted molar refractivity (Wildman–Crippen MR) is 123 cm³/mol. The second kappa shape index (κ2) is 12.1. The maximum Gasteiger partial charge on any atom is 0.491 e. The SMILES string of the molecule is CC[C@H](NC(=O)C1NCCCN1C(=O)[C@@H](N)C1CCCCC1)C(=O)N1CCCNC1B(O)O. The maximum absolute atomic E-state index is 13.2. The van der Waals surface area contributed by atoms with Crippen molar-refractivity contribution >= 4 is 24.8 Å². The quantitative estimate of drug-likeness (QED) is 0.237. The topological polar surface area (TPSA) is 160 Å². The van der Waals surface area contributed by atoms with Crippen molar-refractivity contribution < 1.29 is 24.4 Å². The number of hydrogen-bond donors (Lipinski definition) is 6. The number of carbonyl (C=O) groups is 3. The summed E-state index contributed by atoms with van der Waals surface area (Å²) in [6, 6.07) is -2.39. The average Bonchev–Trinajstić information content (AvgIpc) is 2.86. The number of carbonyl (C=O) groups excluding carboxylic acids is 3. The molecule has 7 N–H and O–H groups in total. The predicted octanol–water partition coefficient (Wildman–Crippen LogP) is -1.90. The maximum atomic E-state index is 13.2. The normalized spacial score (nSPS) is 26.4. The van der Waals surface area contributed by atoms with E-state index in [1.165, 1.54) is 16.2 Å². The van der Waals surface area contributed by atoms with E-state index in [1.54, 1.807) is 6.92 Å². The van der Waals surface area contributed by atoms with E-state index in [4.69, 9.17) is 5.73 Å². The van der Waals surface area contributed by atoms with Crippen molar-refractivity contribution in [3.05, 3.63) is 0 Å². The molecular weight excluding hydrogens is 427 g/mol. The molecule has 0 spiro atoms. The Bertz CT molecular complexity index is 692. The molecule has 2 aliphatic heterocycles. The number of amides is 3. The molecule has 0 aromatic carbocycles. The van der Waals surface area contributed by atoms with Gasteiger partial charge in [-0.2, -0.15) is 0 Å². The lowest BCUT2D eigenvalue weighted by molar-refractivity contribution is -0.147. The molecule has 1 saturated carbocycles. The Morgan fingerprint density at radius 1 is 1.00 bits per heavy atom. The van der Waals surface area contributed by atoms with E-state index in [-0.39, 0.29) is 17.7 Å². The fourth-order valence-corrected chi connectivity index (χ4v) is 5.14. The summed E-state index contributed by atoms with van der Waals surface area (Å²) in [5.41, 5.74) is 6.34. The van der Waals surface area contributed by atoms with E-state index >= 15 is 0 Å². The Balaban J connectivity index is 1.66. The standard InChI is InChI=1S/C21H39BN6O5/c1-2-15(19(30)28-13-7-11-25-21(28)22(32)33)26-18(29)17-24-10-6-12-27(17)20(31)16(23)14-8-4-3-5-9-14/h14-17,21,24-25,32-33H,2-13,23H2,1H3,(H,26,29)/t15-,16-,17?,21?/m0/s1. The summed E-state index contributed by atoms with van der Waals surface area (Å²) in [6.45, 7) is 3.73. The zero-order valence-electron chi connectivity index (χ0n) is 19.5. The van der Waals surface area contributed by atoms with Crippen molar-refractivity contribution in [3.63, 3.8) is 0 Å². The van der Waals surface area contributed by atoms with Gasteiger partial charge in [0.2, 0.25) is 11.8 Å². The summed E-state index contributed by atoms with van der Waals surface area (Å²) in [5, 5.41) is 28.1. The van der Waals surface area contributed by atoms with Crippen LogP contribution in [-0.4, -0.2) is 95.2 Å². The zero-order valence-corrected chi connectivity index (χ0v) is 19.5. The second-order valence-corrected chi connectivity index (χ2v) is 9.33. The van der Waals surface area contributed by atoms with Crippen molar-refractivity contribution in [3.8, 4) is 0 Å². The lowest BCUT2D eigenvalue weighted by Crippen LogP contribution is -2.67. The lowest BCUT2D eigenvalue weighted by Gasteiger charge is -2.40. The Morgan fingerprint density at radius 2 is 1.64 bits per heavy atom. The van der Waals surface area contributed by atoms with Crippen LogP contribution in [0.25, 0.3) is 0 Å². The van der Waals surface area contributed by atoms with Crippen molar-refractivity contribution in [2.75, 3.05) is 26.2 Å². The highest BCUT2D eigenvalue weighted by molar-refractivity contribution is 6.43. The number of hydrogen-bond acceptors (Lipinski definition) is 8. The highest BCUT2D eigenvalue weighted by atomic mass is 16.4. The third-order valence-corrected chi connectivity index (χ3v) is 7.05. The molecule has 33 heavy (non-hydrogen) atoms. The second-order valence-electron chi connectivity index (χ2n) is 9.33. The van der Waals surface area contributed by atoms with Crippen LogP contribution < -0.4 is 21.7 Å². The lowest BCUT2D eigenvalue weighted by atomic mass is 9.83. The van der Waals surface area contributed by atoms with E-state index in [0.717, 1.165) is 32.1 Å². The van der Waals surface area contributed by atoms with Crippen LogP contribution in [0.1, 0.15) is 58.3 Å². The molecule has 4 atom stereocenters. The van der Waals surface area contributed by atoms with E-state index in [0.29, 0.717) is 39.0 Å². The average molecular weight is 466 g/mol. The molecule has 0 bridgehead atoms. The molecule has 2 unspecified atom stereocenters. The number of rotatable bonds is 7. The molecule has 186 valence electrons. The van der Waals surface area contributed by atoms with Gasteiger partial charge in [-0.25, -0.2) is 0 Å². The van der Waals surface area contributed by atoms with Crippen LogP contribution >= 0.6 is 0 Å². The summed E-state index contributed by atoms with van der Waals surface area (Å²) in [4.78, 5) is 42.4. The summed E-state index contributed by atoms with van der Waals surface area (Å²) in [6.07, 6.45) is 6.01. The molecule has 1 aliphatic carbocycles. The van der Waals surface area contributed by atoms with Gasteiger partial charge in [-0.1, -0.05) is 26.2 Å². The highest BCUT2D eigenvalue weighted by Gasteiger charge is 2.40. The molecule has 3 rings (SSSR count). The fourth-order valence-electron chi connectivity index (χ4n) is 5.14. The first kappa shape index (κ1) is 25.9. The van der Waals surface area contributed by atoms with Gasteiger partial charge in [-0.3, -0.25) is 25.0 Å². The summed E-state index contributed by atoms with van der Waals surface area (Å²) in [5.74, 6) is -0.929. The number of nitrogens with two attached hydrogens (primary N) is 1. The van der Waals surface area contributed by atoms with Gasteiger partial charge in [0, 0.05) is 13.1 Å². The molecule has 11 nitrogen and oxygen atoms in total. The minimum atomic E-state index is -1.73. The van der Waals surface area contributed by atoms with Crippen LogP contribution in [0, 0.1) is 5.92 Å². The van der Waals surface area contributed by atoms with Crippen LogP contribution in [-0.2, 0) is 14.4 Å². The first-order valence-electron chi connectivity index (χ1n) is 12.3. The number of nitrogens with one attached hydrogen (secondary N) is 3. The number of nitrogens with zero attached hydrogens (tertiary/aromatic N) is 2. The minimum absolute atomic E-state index is 0.135. The molecule has 2 saturated heterocycles. The Kier molecular flexibility index (Phi) is 9.51. The van der Waals surface area contributed by atoms with Gasteiger partial charge in [0.15, 0.2) is 6.17 Å². The highest BCUT2D eigenvalue weighted by Crippen LogP contribution is 2.27. The van der Waals surface area contributed by atoms with Gasteiger partial charge in [0.05, 0.1) is 6.04 Å². The minimum Gasteiger partial charge on any atom is -0.425 e. The van der Waals surface area contributed by atoms with Crippen molar-refractivity contribution in [2.24, 2.45) is 11.7 Å². The van der Waals surface area contributed by atoms with Gasteiger partial charge in [0.1, 0.15) is 12.1 Å². The van der Waals surface area contributed by atoms with Crippen LogP contribution in [0.5, 0.6) is 0 Å². The largest absolute Gasteiger partial charge is 0.491 e. The van der Waals surface area contributed by atoms with Crippen molar-refractivity contribution in [2.45, 2.75) is 82.6 Å².